The lowest BCUT2D eigenvalue weighted by molar-refractivity contribution is -0.128. The number of nitrogens with one attached hydrogen (secondary N) is 1. The summed E-state index contributed by atoms with van der Waals surface area (Å²) >= 11 is 1.69. The molecule has 1 fully saturated rings. The Bertz CT molecular complexity index is 411. The molecule has 0 saturated carbocycles. The molecule has 4 nitrogen and oxygen atoms in total. The van der Waals surface area contributed by atoms with Crippen LogP contribution in [0.4, 0.5) is 5.13 Å². The summed E-state index contributed by atoms with van der Waals surface area (Å²) in [4.78, 5) is 18.6. The monoisotopic (exact) mass is 281 g/mol. The van der Waals surface area contributed by atoms with Gasteiger partial charge in [-0.1, -0.05) is 20.8 Å². The molecule has 0 aliphatic carbocycles. The number of rotatable bonds is 3. The van der Waals surface area contributed by atoms with Gasteiger partial charge in [-0.15, -0.1) is 11.3 Å². The van der Waals surface area contributed by atoms with Gasteiger partial charge in [0, 0.05) is 36.6 Å². The highest BCUT2D eigenvalue weighted by Gasteiger charge is 2.25. The van der Waals surface area contributed by atoms with Crippen LogP contribution in [0, 0.1) is 11.3 Å². The molecule has 1 N–H and O–H groups in total. The second-order valence-electron chi connectivity index (χ2n) is 6.23. The van der Waals surface area contributed by atoms with Gasteiger partial charge in [-0.3, -0.25) is 4.79 Å². The van der Waals surface area contributed by atoms with Gasteiger partial charge in [-0.2, -0.15) is 0 Å². The molecule has 1 aliphatic heterocycles. The fourth-order valence-corrected chi connectivity index (χ4v) is 2.96. The molecular weight excluding hydrogens is 258 g/mol. The molecule has 2 rings (SSSR count). The summed E-state index contributed by atoms with van der Waals surface area (Å²) in [5, 5.41) is 6.19. The molecule has 1 aliphatic rings. The van der Waals surface area contributed by atoms with Crippen molar-refractivity contribution in [3.05, 3.63) is 11.6 Å². The second-order valence-corrected chi connectivity index (χ2v) is 7.10. The van der Waals surface area contributed by atoms with E-state index >= 15 is 0 Å². The van der Waals surface area contributed by atoms with Crippen molar-refractivity contribution in [2.45, 2.75) is 33.6 Å². The van der Waals surface area contributed by atoms with Crippen LogP contribution in [-0.2, 0) is 4.79 Å². The predicted molar refractivity (Wildman–Crippen MR) is 79.5 cm³/mol. The first-order valence-electron chi connectivity index (χ1n) is 6.89. The maximum absolute atomic E-state index is 11.9. The Hall–Kier alpha value is -1.10. The highest BCUT2D eigenvalue weighted by Crippen LogP contribution is 2.24. The third-order valence-electron chi connectivity index (χ3n) is 3.44. The Morgan fingerprint density at radius 1 is 1.58 bits per heavy atom. The fourth-order valence-electron chi connectivity index (χ4n) is 2.28. The predicted octanol–water partition coefficient (Wildman–Crippen LogP) is 2.52. The summed E-state index contributed by atoms with van der Waals surface area (Å²) < 4.78 is 0. The van der Waals surface area contributed by atoms with Gasteiger partial charge in [0.25, 0.3) is 0 Å². The van der Waals surface area contributed by atoms with Crippen LogP contribution in [0.5, 0.6) is 0 Å². The van der Waals surface area contributed by atoms with Gasteiger partial charge in [0.2, 0.25) is 5.91 Å². The van der Waals surface area contributed by atoms with Crippen molar-refractivity contribution >= 4 is 22.4 Å². The van der Waals surface area contributed by atoms with E-state index in [1.807, 2.05) is 32.3 Å². The van der Waals surface area contributed by atoms with Crippen LogP contribution in [-0.4, -0.2) is 30.5 Å². The first kappa shape index (κ1) is 14.3. The van der Waals surface area contributed by atoms with Crippen molar-refractivity contribution in [3.63, 3.8) is 0 Å². The first-order chi connectivity index (χ1) is 8.97. The zero-order chi connectivity index (χ0) is 13.9. The van der Waals surface area contributed by atoms with Crippen molar-refractivity contribution in [1.82, 2.24) is 10.3 Å². The summed E-state index contributed by atoms with van der Waals surface area (Å²) in [5.74, 6) is 0.669. The van der Waals surface area contributed by atoms with Crippen LogP contribution in [0.3, 0.4) is 0 Å². The van der Waals surface area contributed by atoms with E-state index in [-0.39, 0.29) is 11.3 Å². The minimum atomic E-state index is -0.302. The number of hydrogen-bond acceptors (Lipinski definition) is 4. The average molecular weight is 281 g/mol. The maximum atomic E-state index is 11.9. The molecule has 5 heteroatoms. The van der Waals surface area contributed by atoms with E-state index in [9.17, 15) is 4.79 Å². The van der Waals surface area contributed by atoms with Crippen LogP contribution in [0.2, 0.25) is 0 Å². The Labute approximate surface area is 119 Å². The minimum Gasteiger partial charge on any atom is -0.355 e. The van der Waals surface area contributed by atoms with E-state index in [4.69, 9.17) is 0 Å². The number of carbonyl (C=O) groups excluding carboxylic acids is 1. The van der Waals surface area contributed by atoms with Crippen molar-refractivity contribution in [3.8, 4) is 0 Å². The quantitative estimate of drug-likeness (QED) is 0.926. The number of thiazole rings is 1. The molecule has 0 radical (unpaired) electrons. The molecule has 1 unspecified atom stereocenters. The lowest BCUT2D eigenvalue weighted by atomic mass is 9.94. The highest BCUT2D eigenvalue weighted by atomic mass is 32.1. The molecule has 19 heavy (non-hydrogen) atoms. The maximum Gasteiger partial charge on any atom is 0.225 e. The third-order valence-corrected chi connectivity index (χ3v) is 4.27. The topological polar surface area (TPSA) is 45.2 Å². The number of anilines is 1. The molecule has 1 amide bonds. The Morgan fingerprint density at radius 2 is 2.37 bits per heavy atom. The third kappa shape index (κ3) is 3.93. The average Bonchev–Trinajstić information content (AvgIpc) is 2.89. The van der Waals surface area contributed by atoms with E-state index in [1.54, 1.807) is 11.3 Å². The van der Waals surface area contributed by atoms with Crippen molar-refractivity contribution < 1.29 is 4.79 Å². The summed E-state index contributed by atoms with van der Waals surface area (Å²) in [7, 11) is 0. The summed E-state index contributed by atoms with van der Waals surface area (Å²) in [5.41, 5.74) is -0.302. The fraction of sp³-hybridized carbons (Fsp3) is 0.714. The standard InChI is InChI=1S/C14H23N3OS/c1-14(2,3)12(18)16-9-11-5-4-7-17(10-11)13-15-6-8-19-13/h6,8,11H,4-5,7,9-10H2,1-3H3,(H,16,18). The van der Waals surface area contributed by atoms with Crippen LogP contribution >= 0.6 is 11.3 Å². The van der Waals surface area contributed by atoms with Gasteiger partial charge in [0.15, 0.2) is 5.13 Å². The molecule has 1 aromatic rings. The molecule has 0 aromatic carbocycles. The molecule has 0 bridgehead atoms. The van der Waals surface area contributed by atoms with Crippen molar-refractivity contribution in [2.24, 2.45) is 11.3 Å². The molecule has 2 heterocycles. The number of hydrogen-bond donors (Lipinski definition) is 1. The van der Waals surface area contributed by atoms with E-state index in [1.165, 1.54) is 12.8 Å². The molecule has 1 atom stereocenters. The highest BCUT2D eigenvalue weighted by molar-refractivity contribution is 7.13. The van der Waals surface area contributed by atoms with Crippen LogP contribution in [0.15, 0.2) is 11.6 Å². The number of piperidine rings is 1. The van der Waals surface area contributed by atoms with E-state index in [0.717, 1.165) is 24.8 Å². The van der Waals surface area contributed by atoms with Gasteiger partial charge in [0.05, 0.1) is 0 Å². The van der Waals surface area contributed by atoms with E-state index in [2.05, 4.69) is 15.2 Å². The van der Waals surface area contributed by atoms with Gasteiger partial charge < -0.3 is 10.2 Å². The van der Waals surface area contributed by atoms with E-state index < -0.39 is 0 Å². The van der Waals surface area contributed by atoms with Gasteiger partial charge >= 0.3 is 0 Å². The lowest BCUT2D eigenvalue weighted by Crippen LogP contribution is -2.43. The van der Waals surface area contributed by atoms with Crippen LogP contribution in [0.1, 0.15) is 33.6 Å². The zero-order valence-corrected chi connectivity index (χ0v) is 12.8. The van der Waals surface area contributed by atoms with Gasteiger partial charge in [-0.05, 0) is 18.8 Å². The Kier molecular flexibility index (Phi) is 4.45. The molecule has 0 spiro atoms. The first-order valence-corrected chi connectivity index (χ1v) is 7.77. The second kappa shape index (κ2) is 5.90. The Balaban J connectivity index is 1.83. The number of amides is 1. The van der Waals surface area contributed by atoms with Crippen molar-refractivity contribution in [1.29, 1.82) is 0 Å². The summed E-state index contributed by atoms with van der Waals surface area (Å²) in [6, 6.07) is 0. The minimum absolute atomic E-state index is 0.138. The smallest absolute Gasteiger partial charge is 0.225 e. The van der Waals surface area contributed by atoms with Gasteiger partial charge in [0.1, 0.15) is 0 Å². The summed E-state index contributed by atoms with van der Waals surface area (Å²) in [6.45, 7) is 8.70. The number of nitrogens with zero attached hydrogens (tertiary/aromatic N) is 2. The van der Waals surface area contributed by atoms with Crippen molar-refractivity contribution in [2.75, 3.05) is 24.5 Å². The lowest BCUT2D eigenvalue weighted by Gasteiger charge is -2.33. The molecule has 1 aromatic heterocycles. The SMILES string of the molecule is CC(C)(C)C(=O)NCC1CCCN(c2nccs2)C1. The zero-order valence-electron chi connectivity index (χ0n) is 12.0. The van der Waals surface area contributed by atoms with Crippen LogP contribution in [0.25, 0.3) is 0 Å². The van der Waals surface area contributed by atoms with E-state index in [0.29, 0.717) is 5.92 Å². The molecule has 106 valence electrons. The van der Waals surface area contributed by atoms with Gasteiger partial charge in [-0.25, -0.2) is 4.98 Å². The number of carbonyl (C=O) groups is 1. The molecular formula is C14H23N3OS. The summed E-state index contributed by atoms with van der Waals surface area (Å²) in [6.07, 6.45) is 4.22. The normalized spacial score (nSPS) is 20.4. The van der Waals surface area contributed by atoms with Crippen LogP contribution < -0.4 is 10.2 Å². The largest absolute Gasteiger partial charge is 0.355 e. The Morgan fingerprint density at radius 3 is 3.00 bits per heavy atom. The molecule has 1 saturated heterocycles. The number of aromatic nitrogens is 1.